The third-order valence-electron chi connectivity index (χ3n) is 4.67. The van der Waals surface area contributed by atoms with E-state index < -0.39 is 11.9 Å². The fraction of sp³-hybridized carbons (Fsp3) is 0.667. The van der Waals surface area contributed by atoms with Crippen LogP contribution in [0.3, 0.4) is 0 Å². The first-order valence-electron chi connectivity index (χ1n) is 8.60. The average Bonchev–Trinajstić information content (AvgIpc) is 2.86. The maximum absolute atomic E-state index is 12.0. The monoisotopic (exact) mass is 353 g/mol. The molecule has 1 amide bonds. The smallest absolute Gasteiger partial charge is 0.308 e. The van der Waals surface area contributed by atoms with E-state index in [0.717, 1.165) is 25.7 Å². The summed E-state index contributed by atoms with van der Waals surface area (Å²) in [5.74, 6) is -1.31. The molecule has 2 N–H and O–H groups in total. The highest BCUT2D eigenvalue weighted by Crippen LogP contribution is 2.24. The molecular weight excluding hydrogens is 326 g/mol. The van der Waals surface area contributed by atoms with E-state index in [-0.39, 0.29) is 18.4 Å². The van der Waals surface area contributed by atoms with Gasteiger partial charge in [0, 0.05) is 35.9 Å². The van der Waals surface area contributed by atoms with Gasteiger partial charge in [0.1, 0.15) is 0 Å². The van der Waals surface area contributed by atoms with Crippen LogP contribution in [-0.4, -0.2) is 36.7 Å². The highest BCUT2D eigenvalue weighted by Gasteiger charge is 2.29. The van der Waals surface area contributed by atoms with E-state index in [1.54, 1.807) is 11.3 Å². The molecule has 0 aliphatic carbocycles. The lowest BCUT2D eigenvalue weighted by Crippen LogP contribution is -2.38. The van der Waals surface area contributed by atoms with Crippen LogP contribution in [0.25, 0.3) is 0 Å². The molecule has 0 spiro atoms. The predicted molar refractivity (Wildman–Crippen MR) is 94.4 cm³/mol. The molecule has 134 valence electrons. The summed E-state index contributed by atoms with van der Waals surface area (Å²) in [5, 5.41) is 12.2. The quantitative estimate of drug-likeness (QED) is 0.753. The number of aryl methyl sites for hydroxylation is 3. The highest BCUT2D eigenvalue weighted by molar-refractivity contribution is 7.12. The lowest BCUT2D eigenvalue weighted by atomic mass is 9.86. The van der Waals surface area contributed by atoms with Gasteiger partial charge in [0.05, 0.1) is 5.92 Å². The van der Waals surface area contributed by atoms with Crippen molar-refractivity contribution in [1.82, 2.24) is 5.32 Å². The van der Waals surface area contributed by atoms with Crippen molar-refractivity contribution in [3.8, 4) is 0 Å². The highest BCUT2D eigenvalue weighted by atomic mass is 32.1. The summed E-state index contributed by atoms with van der Waals surface area (Å²) in [6.07, 6.45) is 3.63. The van der Waals surface area contributed by atoms with Crippen molar-refractivity contribution in [2.24, 2.45) is 11.8 Å². The number of nitrogens with one attached hydrogen (secondary N) is 1. The zero-order valence-corrected chi connectivity index (χ0v) is 15.3. The SMILES string of the molecule is Cc1cc(CCCC(=O)NCC(C(=O)O)C2CCOCC2)c(C)s1. The molecule has 2 rings (SSSR count). The Morgan fingerprint density at radius 1 is 1.38 bits per heavy atom. The molecule has 0 saturated carbocycles. The third-order valence-corrected chi connectivity index (χ3v) is 5.67. The van der Waals surface area contributed by atoms with Crippen molar-refractivity contribution < 1.29 is 19.4 Å². The Hall–Kier alpha value is -1.40. The minimum absolute atomic E-state index is 0.0575. The van der Waals surface area contributed by atoms with Gasteiger partial charge in [-0.1, -0.05) is 0 Å². The van der Waals surface area contributed by atoms with Crippen molar-refractivity contribution in [2.45, 2.75) is 46.0 Å². The topological polar surface area (TPSA) is 75.6 Å². The minimum Gasteiger partial charge on any atom is -0.481 e. The first-order chi connectivity index (χ1) is 11.5. The first kappa shape index (κ1) is 18.9. The van der Waals surface area contributed by atoms with E-state index in [4.69, 9.17) is 4.74 Å². The molecule has 1 unspecified atom stereocenters. The first-order valence-corrected chi connectivity index (χ1v) is 9.42. The molecule has 2 heterocycles. The van der Waals surface area contributed by atoms with E-state index in [9.17, 15) is 14.7 Å². The maximum atomic E-state index is 12.0. The van der Waals surface area contributed by atoms with Gasteiger partial charge in [-0.15, -0.1) is 11.3 Å². The predicted octanol–water partition coefficient (Wildman–Crippen LogP) is 2.93. The van der Waals surface area contributed by atoms with Crippen LogP contribution in [0.15, 0.2) is 6.07 Å². The van der Waals surface area contributed by atoms with E-state index >= 15 is 0 Å². The second-order valence-electron chi connectivity index (χ2n) is 6.49. The van der Waals surface area contributed by atoms with Gasteiger partial charge >= 0.3 is 5.97 Å². The Morgan fingerprint density at radius 2 is 2.08 bits per heavy atom. The molecule has 24 heavy (non-hydrogen) atoms. The van der Waals surface area contributed by atoms with Crippen molar-refractivity contribution >= 4 is 23.2 Å². The number of rotatable bonds is 8. The van der Waals surface area contributed by atoms with Gasteiger partial charge in [0.15, 0.2) is 0 Å². The summed E-state index contributed by atoms with van der Waals surface area (Å²) in [5.41, 5.74) is 1.32. The third kappa shape index (κ3) is 5.60. The number of hydrogen-bond acceptors (Lipinski definition) is 4. The average molecular weight is 353 g/mol. The molecular formula is C18H27NO4S. The van der Waals surface area contributed by atoms with E-state index in [0.29, 0.717) is 19.6 Å². The fourth-order valence-electron chi connectivity index (χ4n) is 3.26. The van der Waals surface area contributed by atoms with Crippen molar-refractivity contribution in [3.05, 3.63) is 21.4 Å². The van der Waals surface area contributed by atoms with Gasteiger partial charge in [0.25, 0.3) is 0 Å². The van der Waals surface area contributed by atoms with Gasteiger partial charge in [0.2, 0.25) is 5.91 Å². The van der Waals surface area contributed by atoms with Crippen LogP contribution in [-0.2, 0) is 20.7 Å². The fourth-order valence-corrected chi connectivity index (χ4v) is 4.23. The summed E-state index contributed by atoms with van der Waals surface area (Å²) in [6, 6.07) is 2.18. The van der Waals surface area contributed by atoms with Crippen LogP contribution in [0.4, 0.5) is 0 Å². The lowest BCUT2D eigenvalue weighted by molar-refractivity contribution is -0.145. The van der Waals surface area contributed by atoms with Crippen LogP contribution >= 0.6 is 11.3 Å². The number of amides is 1. The zero-order valence-electron chi connectivity index (χ0n) is 14.5. The summed E-state index contributed by atoms with van der Waals surface area (Å²) < 4.78 is 5.28. The number of carbonyl (C=O) groups excluding carboxylic acids is 1. The molecule has 0 radical (unpaired) electrons. The van der Waals surface area contributed by atoms with Crippen LogP contribution < -0.4 is 5.32 Å². The Morgan fingerprint density at radius 3 is 2.67 bits per heavy atom. The van der Waals surface area contributed by atoms with Gasteiger partial charge in [-0.3, -0.25) is 9.59 Å². The Labute approximate surface area is 147 Å². The molecule has 1 fully saturated rings. The summed E-state index contributed by atoms with van der Waals surface area (Å²) in [6.45, 7) is 5.65. The van der Waals surface area contributed by atoms with Gasteiger partial charge in [-0.2, -0.15) is 0 Å². The molecule has 1 aliphatic heterocycles. The van der Waals surface area contributed by atoms with Crippen molar-refractivity contribution in [2.75, 3.05) is 19.8 Å². The number of thiophene rings is 1. The van der Waals surface area contributed by atoms with Gasteiger partial charge in [-0.25, -0.2) is 0 Å². The second kappa shape index (κ2) is 9.18. The van der Waals surface area contributed by atoms with Crippen LogP contribution in [0.5, 0.6) is 0 Å². The zero-order chi connectivity index (χ0) is 17.5. The Balaban J connectivity index is 1.72. The van der Waals surface area contributed by atoms with Crippen LogP contribution in [0, 0.1) is 25.7 Å². The maximum Gasteiger partial charge on any atom is 0.308 e. The van der Waals surface area contributed by atoms with Gasteiger partial charge in [-0.05, 0) is 57.1 Å². The molecule has 1 aromatic rings. The number of carboxylic acid groups (broad SMARTS) is 1. The number of ether oxygens (including phenoxy) is 1. The second-order valence-corrected chi connectivity index (χ2v) is 7.95. The summed E-state index contributed by atoms with van der Waals surface area (Å²) >= 11 is 1.79. The summed E-state index contributed by atoms with van der Waals surface area (Å²) in [4.78, 5) is 26.1. The van der Waals surface area contributed by atoms with E-state index in [1.165, 1.54) is 15.3 Å². The van der Waals surface area contributed by atoms with E-state index in [2.05, 4.69) is 25.2 Å². The van der Waals surface area contributed by atoms with Gasteiger partial charge < -0.3 is 15.2 Å². The molecule has 1 saturated heterocycles. The minimum atomic E-state index is -0.827. The number of aliphatic carboxylic acids is 1. The number of hydrogen-bond donors (Lipinski definition) is 2. The molecule has 5 nitrogen and oxygen atoms in total. The van der Waals surface area contributed by atoms with Crippen molar-refractivity contribution in [3.63, 3.8) is 0 Å². The Bertz CT molecular complexity index is 563. The standard InChI is InChI=1S/C18H27NO4S/c1-12-10-15(13(2)24-12)4-3-5-17(20)19-11-16(18(21)22)14-6-8-23-9-7-14/h10,14,16H,3-9,11H2,1-2H3,(H,19,20)(H,21,22). The lowest BCUT2D eigenvalue weighted by Gasteiger charge is -2.27. The Kier molecular flexibility index (Phi) is 7.24. The van der Waals surface area contributed by atoms with E-state index in [1.807, 2.05) is 0 Å². The normalized spacial score (nSPS) is 16.8. The molecule has 1 atom stereocenters. The van der Waals surface area contributed by atoms with Crippen LogP contribution in [0.1, 0.15) is 41.0 Å². The molecule has 1 aliphatic rings. The molecule has 1 aromatic heterocycles. The number of carboxylic acids is 1. The molecule has 0 bridgehead atoms. The largest absolute Gasteiger partial charge is 0.481 e. The van der Waals surface area contributed by atoms with Crippen LogP contribution in [0.2, 0.25) is 0 Å². The van der Waals surface area contributed by atoms with Crippen molar-refractivity contribution in [1.29, 1.82) is 0 Å². The molecule has 6 heteroatoms. The number of carbonyl (C=O) groups is 2. The summed E-state index contributed by atoms with van der Waals surface area (Å²) in [7, 11) is 0. The molecule has 0 aromatic carbocycles.